The molecule has 0 bridgehead atoms. The van der Waals surface area contributed by atoms with Gasteiger partial charge < -0.3 is 5.32 Å². The third-order valence-corrected chi connectivity index (χ3v) is 4.90. The molecule has 0 spiro atoms. The predicted molar refractivity (Wildman–Crippen MR) is 129 cm³/mol. The Hall–Kier alpha value is -3.60. The van der Waals surface area contributed by atoms with Crippen LogP contribution in [0.4, 0.5) is 10.2 Å². The third-order valence-electron chi connectivity index (χ3n) is 4.90. The highest BCUT2D eigenvalue weighted by Gasteiger charge is 2.16. The van der Waals surface area contributed by atoms with Crippen molar-refractivity contribution in [3.05, 3.63) is 77.9 Å². The van der Waals surface area contributed by atoms with E-state index < -0.39 is 0 Å². The molecule has 0 aliphatic heterocycles. The van der Waals surface area contributed by atoms with Crippen LogP contribution in [0, 0.1) is 12.7 Å². The molecule has 158 valence electrons. The number of aryl methyl sites for hydroxylation is 1. The molecule has 31 heavy (non-hydrogen) atoms. The van der Waals surface area contributed by atoms with Gasteiger partial charge in [0, 0.05) is 36.0 Å². The molecule has 0 atom stereocenters. The molecule has 0 unspecified atom stereocenters. The first-order valence-corrected chi connectivity index (χ1v) is 10.4. The Labute approximate surface area is 182 Å². The maximum Gasteiger partial charge on any atom is 0.163 e. The van der Waals surface area contributed by atoms with Crippen LogP contribution < -0.4 is 5.32 Å². The highest BCUT2D eigenvalue weighted by atomic mass is 19.1. The molecule has 2 aromatic heterocycles. The second-order valence-corrected chi connectivity index (χ2v) is 6.78. The van der Waals surface area contributed by atoms with Gasteiger partial charge in [0.15, 0.2) is 11.6 Å². The number of halogens is 1. The summed E-state index contributed by atoms with van der Waals surface area (Å²) in [7, 11) is 1.77. The van der Waals surface area contributed by atoms with E-state index in [1.165, 1.54) is 0 Å². The Morgan fingerprint density at radius 3 is 2.48 bits per heavy atom. The van der Waals surface area contributed by atoms with Gasteiger partial charge in [0.2, 0.25) is 0 Å². The highest BCUT2D eigenvalue weighted by Crippen LogP contribution is 2.33. The third kappa shape index (κ3) is 4.45. The van der Waals surface area contributed by atoms with E-state index in [4.69, 9.17) is 0 Å². The normalized spacial score (nSPS) is 10.8. The number of hydrogen-bond donors (Lipinski definition) is 1. The zero-order valence-electron chi connectivity index (χ0n) is 18.6. The van der Waals surface area contributed by atoms with Crippen LogP contribution in [0.15, 0.2) is 60.9 Å². The van der Waals surface area contributed by atoms with Gasteiger partial charge in [-0.15, -0.1) is 0 Å². The van der Waals surface area contributed by atoms with Crippen molar-refractivity contribution < 1.29 is 4.39 Å². The fourth-order valence-electron chi connectivity index (χ4n) is 3.37. The van der Waals surface area contributed by atoms with Crippen LogP contribution in [-0.2, 0) is 0 Å². The van der Waals surface area contributed by atoms with Gasteiger partial charge in [0.1, 0.15) is 11.3 Å². The number of aromatic nitrogens is 3. The highest BCUT2D eigenvalue weighted by molar-refractivity contribution is 5.94. The molecule has 0 amide bonds. The molecular weight excluding hydrogens is 387 g/mol. The molecule has 2 heterocycles. The molecule has 0 saturated carbocycles. The molecule has 0 aliphatic carbocycles. The van der Waals surface area contributed by atoms with Crippen LogP contribution in [0.3, 0.4) is 0 Å². The molecule has 0 radical (unpaired) electrons. The van der Waals surface area contributed by atoms with Crippen molar-refractivity contribution in [3.8, 4) is 22.5 Å². The molecule has 5 heteroatoms. The summed E-state index contributed by atoms with van der Waals surface area (Å²) in [5.41, 5.74) is 4.57. The van der Waals surface area contributed by atoms with Crippen molar-refractivity contribution in [3.63, 3.8) is 0 Å². The smallest absolute Gasteiger partial charge is 0.163 e. The first kappa shape index (κ1) is 22.1. The number of anilines is 1. The number of pyridine rings is 1. The Balaban J connectivity index is 0.00000132. The topological polar surface area (TPSA) is 50.7 Å². The van der Waals surface area contributed by atoms with Crippen LogP contribution in [0.2, 0.25) is 0 Å². The maximum atomic E-state index is 15.6. The van der Waals surface area contributed by atoms with Crippen molar-refractivity contribution in [2.24, 2.45) is 0 Å². The van der Waals surface area contributed by atoms with Crippen molar-refractivity contribution in [2.45, 2.75) is 27.7 Å². The maximum absolute atomic E-state index is 15.6. The van der Waals surface area contributed by atoms with Crippen LogP contribution >= 0.6 is 0 Å². The average Bonchev–Trinajstić information content (AvgIpc) is 2.82. The van der Waals surface area contributed by atoms with Crippen molar-refractivity contribution in [1.82, 2.24) is 15.0 Å². The number of nitrogens with zero attached hydrogens (tertiary/aromatic N) is 3. The number of benzene rings is 2. The first-order chi connectivity index (χ1) is 15.1. The Bertz CT molecular complexity index is 1220. The summed E-state index contributed by atoms with van der Waals surface area (Å²) in [6, 6.07) is 13.3. The fourth-order valence-corrected chi connectivity index (χ4v) is 3.37. The zero-order chi connectivity index (χ0) is 22.4. The van der Waals surface area contributed by atoms with E-state index in [1.807, 2.05) is 76.2 Å². The molecule has 0 aliphatic rings. The average molecular weight is 415 g/mol. The van der Waals surface area contributed by atoms with E-state index in [1.54, 1.807) is 25.5 Å². The quantitative estimate of drug-likeness (QED) is 0.394. The molecule has 4 nitrogen and oxygen atoms in total. The molecule has 1 N–H and O–H groups in total. The summed E-state index contributed by atoms with van der Waals surface area (Å²) in [6.07, 6.45) is 7.36. The summed E-state index contributed by atoms with van der Waals surface area (Å²) in [4.78, 5) is 13.2. The number of rotatable bonds is 4. The minimum atomic E-state index is -0.359. The molecule has 4 aromatic rings. The summed E-state index contributed by atoms with van der Waals surface area (Å²) in [5, 5.41) is 3.69. The lowest BCUT2D eigenvalue weighted by atomic mass is 9.98. The van der Waals surface area contributed by atoms with Crippen molar-refractivity contribution in [2.75, 3.05) is 12.4 Å². The zero-order valence-corrected chi connectivity index (χ0v) is 18.6. The Morgan fingerprint density at radius 1 is 1.00 bits per heavy atom. The van der Waals surface area contributed by atoms with Gasteiger partial charge in [-0.1, -0.05) is 44.2 Å². The standard InChI is InChI=1S/C24H21FN4.C2H6/c1-4-6-16-13-17(9-8-15(16)2)19-10-11-20-22(21(19)25)28-23(29-24(20)26-3)18-7-5-12-27-14-18;1-2/h4-14H,1-3H3,(H,26,28,29);1-2H3/b6-4-;. The van der Waals surface area contributed by atoms with Gasteiger partial charge in [0.05, 0.1) is 0 Å². The van der Waals surface area contributed by atoms with Gasteiger partial charge in [-0.05, 0) is 54.8 Å². The lowest BCUT2D eigenvalue weighted by Gasteiger charge is -2.12. The molecule has 0 fully saturated rings. The van der Waals surface area contributed by atoms with Gasteiger partial charge in [0.25, 0.3) is 0 Å². The van der Waals surface area contributed by atoms with Crippen LogP contribution in [-0.4, -0.2) is 22.0 Å². The number of hydrogen-bond acceptors (Lipinski definition) is 4. The summed E-state index contributed by atoms with van der Waals surface area (Å²) < 4.78 is 15.6. The summed E-state index contributed by atoms with van der Waals surface area (Å²) in [5.74, 6) is 0.657. The number of allylic oxidation sites excluding steroid dienone is 1. The summed E-state index contributed by atoms with van der Waals surface area (Å²) in [6.45, 7) is 8.02. The van der Waals surface area contributed by atoms with Crippen molar-refractivity contribution in [1.29, 1.82) is 0 Å². The predicted octanol–water partition coefficient (Wildman–Crippen LogP) is 6.91. The van der Waals surface area contributed by atoms with E-state index >= 15 is 4.39 Å². The minimum Gasteiger partial charge on any atom is -0.373 e. The van der Waals surface area contributed by atoms with E-state index in [-0.39, 0.29) is 11.3 Å². The van der Waals surface area contributed by atoms with E-state index in [0.29, 0.717) is 22.6 Å². The van der Waals surface area contributed by atoms with Crippen LogP contribution in [0.5, 0.6) is 0 Å². The molecule has 2 aromatic carbocycles. The van der Waals surface area contributed by atoms with E-state index in [9.17, 15) is 0 Å². The number of nitrogens with one attached hydrogen (secondary N) is 1. The first-order valence-electron chi connectivity index (χ1n) is 10.4. The SMILES string of the molecule is C/C=C\c1cc(-c2ccc3c(NC)nc(-c4cccnc4)nc3c2F)ccc1C.CC. The van der Waals surface area contributed by atoms with E-state index in [2.05, 4.69) is 20.3 Å². The summed E-state index contributed by atoms with van der Waals surface area (Å²) >= 11 is 0. The molecule has 0 saturated heterocycles. The Kier molecular flexibility index (Phi) is 7.08. The van der Waals surface area contributed by atoms with Gasteiger partial charge in [-0.3, -0.25) is 4.98 Å². The van der Waals surface area contributed by atoms with Crippen LogP contribution in [0.1, 0.15) is 31.9 Å². The fraction of sp³-hybridized carbons (Fsp3) is 0.192. The molecular formula is C26H27FN4. The second kappa shape index (κ2) is 9.94. The lowest BCUT2D eigenvalue weighted by molar-refractivity contribution is 0.640. The lowest BCUT2D eigenvalue weighted by Crippen LogP contribution is -2.01. The van der Waals surface area contributed by atoms with Gasteiger partial charge in [-0.25, -0.2) is 14.4 Å². The molecule has 4 rings (SSSR count). The van der Waals surface area contributed by atoms with Gasteiger partial charge >= 0.3 is 0 Å². The monoisotopic (exact) mass is 414 g/mol. The largest absolute Gasteiger partial charge is 0.373 e. The van der Waals surface area contributed by atoms with E-state index in [0.717, 1.165) is 22.3 Å². The minimum absolute atomic E-state index is 0.286. The number of fused-ring (bicyclic) bond motifs is 1. The Morgan fingerprint density at radius 2 is 1.81 bits per heavy atom. The second-order valence-electron chi connectivity index (χ2n) is 6.78. The van der Waals surface area contributed by atoms with Gasteiger partial charge in [-0.2, -0.15) is 0 Å². The van der Waals surface area contributed by atoms with Crippen molar-refractivity contribution >= 4 is 22.8 Å². The van der Waals surface area contributed by atoms with Crippen LogP contribution in [0.25, 0.3) is 39.5 Å².